The molecule has 0 amide bonds. The number of nitrogens with two attached hydrogens (primary N) is 1. The molecule has 0 saturated heterocycles. The molecule has 1 aromatic rings. The number of nitrogen functional groups attached to an aromatic ring is 1. The fourth-order valence-electron chi connectivity index (χ4n) is 0.875. The molecule has 0 fully saturated rings. The maximum atomic E-state index is 10.5. The van der Waals surface area contributed by atoms with Crippen LogP contribution in [0.15, 0.2) is 18.2 Å². The molecular weight excluding hydrogens is 178 g/mol. The first-order chi connectivity index (χ1) is 6.02. The minimum absolute atomic E-state index is 0.0532. The smallest absolute Gasteiger partial charge is 0.193 e. The molecule has 0 spiro atoms. The Kier molecular flexibility index (Phi) is 2.78. The topological polar surface area (TPSA) is 121 Å². The molecule has 0 bridgehead atoms. The molecule has 0 heterocycles. The maximum absolute atomic E-state index is 10.5. The van der Waals surface area contributed by atoms with E-state index in [1.165, 1.54) is 12.1 Å². The van der Waals surface area contributed by atoms with Gasteiger partial charge < -0.3 is 16.1 Å². The van der Waals surface area contributed by atoms with Gasteiger partial charge in [-0.2, -0.15) is 10.5 Å². The Hall–Kier alpha value is -1.22. The highest BCUT2D eigenvalue weighted by Gasteiger charge is 2.10. The van der Waals surface area contributed by atoms with Gasteiger partial charge in [0.1, 0.15) is 0 Å². The zero-order valence-corrected chi connectivity index (χ0v) is 6.52. The summed E-state index contributed by atoms with van der Waals surface area (Å²) in [6.45, 7) is 0. The first-order valence-electron chi connectivity index (χ1n) is 3.38. The average molecular weight is 187 g/mol. The van der Waals surface area contributed by atoms with E-state index in [-0.39, 0.29) is 17.1 Å². The van der Waals surface area contributed by atoms with E-state index in [0.29, 0.717) is 0 Å². The van der Waals surface area contributed by atoms with Crippen LogP contribution in [-0.4, -0.2) is 10.4 Å². The lowest BCUT2D eigenvalue weighted by Gasteiger charge is -2.16. The van der Waals surface area contributed by atoms with Gasteiger partial charge in [0, 0.05) is 6.07 Å². The van der Waals surface area contributed by atoms with Crippen LogP contribution in [0.25, 0.3) is 0 Å². The number of hydrogen-bond acceptors (Lipinski definition) is 5. The summed E-state index contributed by atoms with van der Waals surface area (Å²) in [5.41, 5.74) is 5.08. The van der Waals surface area contributed by atoms with Crippen molar-refractivity contribution in [1.29, 1.82) is 0 Å². The minimum atomic E-state index is -1.24. The third-order valence-electron chi connectivity index (χ3n) is 1.53. The lowest BCUT2D eigenvalue weighted by Crippen LogP contribution is -3.00. The molecule has 7 heteroatoms. The van der Waals surface area contributed by atoms with Crippen LogP contribution >= 0.6 is 0 Å². The first-order valence-corrected chi connectivity index (χ1v) is 3.38. The van der Waals surface area contributed by atoms with E-state index in [4.69, 9.17) is 16.1 Å². The van der Waals surface area contributed by atoms with E-state index in [1.807, 2.05) is 0 Å². The van der Waals surface area contributed by atoms with E-state index in [2.05, 4.69) is 0 Å². The van der Waals surface area contributed by atoms with Crippen molar-refractivity contribution in [3.8, 4) is 0 Å². The summed E-state index contributed by atoms with van der Waals surface area (Å²) in [4.78, 5) is 0. The Morgan fingerprint density at radius 3 is 2.23 bits per heavy atom. The van der Waals surface area contributed by atoms with E-state index >= 15 is 0 Å². The zero-order chi connectivity index (χ0) is 10.0. The summed E-state index contributed by atoms with van der Waals surface area (Å²) >= 11 is 0. The van der Waals surface area contributed by atoms with Gasteiger partial charge in [0.25, 0.3) is 0 Å². The van der Waals surface area contributed by atoms with Gasteiger partial charge in [0.2, 0.25) is 0 Å². The van der Waals surface area contributed by atoms with Crippen molar-refractivity contribution in [3.05, 3.63) is 28.6 Å². The van der Waals surface area contributed by atoms with Crippen molar-refractivity contribution >= 4 is 17.1 Å². The standard InChI is InChI=1S/C6H9N3O4/c7-5-2-1-4(8(10)11)3-6(5)9(12)13/h1-3,8-10,12H,7H2. The van der Waals surface area contributed by atoms with Crippen LogP contribution in [0.4, 0.5) is 17.1 Å². The number of rotatable bonds is 2. The number of anilines is 1. The molecule has 13 heavy (non-hydrogen) atoms. The third kappa shape index (κ3) is 2.12. The molecule has 2 unspecified atom stereocenters. The van der Waals surface area contributed by atoms with Gasteiger partial charge >= 0.3 is 0 Å². The summed E-state index contributed by atoms with van der Waals surface area (Å²) in [7, 11) is 0. The molecule has 0 aliphatic heterocycles. The lowest BCUT2D eigenvalue weighted by molar-refractivity contribution is -0.996. The Labute approximate surface area is 73.3 Å². The lowest BCUT2D eigenvalue weighted by atomic mass is 10.2. The van der Waals surface area contributed by atoms with Gasteiger partial charge in [0.05, 0.1) is 11.8 Å². The summed E-state index contributed by atoms with van der Waals surface area (Å²) in [5.74, 6) is 0. The van der Waals surface area contributed by atoms with Gasteiger partial charge in [-0.05, 0) is 6.07 Å². The molecule has 6 N–H and O–H groups in total. The van der Waals surface area contributed by atoms with Crippen LogP contribution in [0.1, 0.15) is 0 Å². The predicted octanol–water partition coefficient (Wildman–Crippen LogP) is -1.92. The molecule has 1 aromatic carbocycles. The summed E-state index contributed by atoms with van der Waals surface area (Å²) in [6.07, 6.45) is 0. The number of benzene rings is 1. The molecule has 2 atom stereocenters. The molecule has 0 radical (unpaired) electrons. The molecular formula is C6H9N3O4. The van der Waals surface area contributed by atoms with E-state index in [1.54, 1.807) is 0 Å². The van der Waals surface area contributed by atoms with E-state index in [0.717, 1.165) is 6.07 Å². The molecule has 72 valence electrons. The number of hydrogen-bond donors (Lipinski definition) is 5. The Bertz CT molecular complexity index is 302. The molecule has 0 saturated carbocycles. The maximum Gasteiger partial charge on any atom is 0.193 e. The van der Waals surface area contributed by atoms with Crippen LogP contribution in [0.2, 0.25) is 0 Å². The Morgan fingerprint density at radius 2 is 1.77 bits per heavy atom. The highest BCUT2D eigenvalue weighted by molar-refractivity contribution is 5.61. The minimum Gasteiger partial charge on any atom is -0.595 e. The highest BCUT2D eigenvalue weighted by Crippen LogP contribution is 2.16. The Balaban J connectivity index is 3.11. The normalized spacial score (nSPS) is 15.4. The van der Waals surface area contributed by atoms with Crippen molar-refractivity contribution < 1.29 is 20.9 Å². The van der Waals surface area contributed by atoms with Crippen molar-refractivity contribution in [2.24, 2.45) is 0 Å². The second kappa shape index (κ2) is 3.66. The Morgan fingerprint density at radius 1 is 1.15 bits per heavy atom. The molecule has 7 nitrogen and oxygen atoms in total. The second-order valence-electron chi connectivity index (χ2n) is 2.41. The van der Waals surface area contributed by atoms with Crippen molar-refractivity contribution in [1.82, 2.24) is 0 Å². The van der Waals surface area contributed by atoms with Gasteiger partial charge in [-0.3, -0.25) is 0 Å². The van der Waals surface area contributed by atoms with E-state index < -0.39 is 10.5 Å². The quantitative estimate of drug-likeness (QED) is 0.273. The number of nitrogens with one attached hydrogen (secondary N) is 2. The molecule has 0 aliphatic rings. The fraction of sp³-hybridized carbons (Fsp3) is 0. The monoisotopic (exact) mass is 187 g/mol. The largest absolute Gasteiger partial charge is 0.595 e. The molecule has 1 rings (SSSR count). The molecule has 0 aromatic heterocycles. The predicted molar refractivity (Wildman–Crippen MR) is 42.4 cm³/mol. The van der Waals surface area contributed by atoms with Gasteiger partial charge in [-0.1, -0.05) is 0 Å². The van der Waals surface area contributed by atoms with Crippen LogP contribution < -0.4 is 16.2 Å². The van der Waals surface area contributed by atoms with Crippen LogP contribution in [-0.2, 0) is 0 Å². The highest BCUT2D eigenvalue weighted by atomic mass is 16.8. The van der Waals surface area contributed by atoms with Crippen LogP contribution in [0.3, 0.4) is 0 Å². The van der Waals surface area contributed by atoms with Crippen molar-refractivity contribution in [2.75, 3.05) is 5.73 Å². The second-order valence-corrected chi connectivity index (χ2v) is 2.41. The van der Waals surface area contributed by atoms with Crippen LogP contribution in [0, 0.1) is 10.4 Å². The van der Waals surface area contributed by atoms with Crippen LogP contribution in [0.5, 0.6) is 0 Å². The SMILES string of the molecule is Nc1ccc([NH+]([O-])O)cc1[NH+]([O-])O. The summed E-state index contributed by atoms with van der Waals surface area (Å²) < 4.78 is 0. The van der Waals surface area contributed by atoms with Gasteiger partial charge in [-0.15, -0.1) is 0 Å². The third-order valence-corrected chi connectivity index (χ3v) is 1.53. The molecule has 0 aliphatic carbocycles. The van der Waals surface area contributed by atoms with Gasteiger partial charge in [0.15, 0.2) is 11.4 Å². The van der Waals surface area contributed by atoms with Gasteiger partial charge in [-0.25, -0.2) is 10.4 Å². The zero-order valence-electron chi connectivity index (χ0n) is 6.52. The summed E-state index contributed by atoms with van der Waals surface area (Å²) in [6, 6.07) is 3.54. The summed E-state index contributed by atoms with van der Waals surface area (Å²) in [5, 5.41) is 35.7. The van der Waals surface area contributed by atoms with Crippen molar-refractivity contribution in [3.63, 3.8) is 0 Å². The first kappa shape index (κ1) is 9.86. The fourth-order valence-corrected chi connectivity index (χ4v) is 0.875. The average Bonchev–Trinajstić information content (AvgIpc) is 2.04. The van der Waals surface area contributed by atoms with Crippen molar-refractivity contribution in [2.45, 2.75) is 0 Å². The number of quaternary nitrogens is 2. The van der Waals surface area contributed by atoms with E-state index in [9.17, 15) is 10.4 Å².